The van der Waals surface area contributed by atoms with Crippen molar-refractivity contribution < 1.29 is 67.5 Å². The molecule has 241 valence electrons. The monoisotopic (exact) mass is 663 g/mol. The molecule has 0 aliphatic heterocycles. The molecule has 45 heavy (non-hydrogen) atoms. The number of aromatic carboxylic acids is 2. The number of aromatic hydroxyl groups is 2. The third-order valence-corrected chi connectivity index (χ3v) is 4.78. The van der Waals surface area contributed by atoms with Crippen LogP contribution in [0.5, 0.6) is 11.5 Å². The second kappa shape index (κ2) is 27.9. The number of hydrogen-bond acceptors (Lipinski definition) is 12. The van der Waals surface area contributed by atoms with Gasteiger partial charge < -0.3 is 50.4 Å². The van der Waals surface area contributed by atoms with Crippen LogP contribution in [0.4, 0.5) is 11.4 Å². The van der Waals surface area contributed by atoms with Gasteiger partial charge in [0.1, 0.15) is 11.5 Å². The van der Waals surface area contributed by atoms with E-state index < -0.39 is 11.9 Å². The Morgan fingerprint density at radius 3 is 1.02 bits per heavy atom. The summed E-state index contributed by atoms with van der Waals surface area (Å²) in [5, 5.41) is 68.2. The first-order valence-corrected chi connectivity index (χ1v) is 12.4. The summed E-state index contributed by atoms with van der Waals surface area (Å²) in [6, 6.07) is 25.6. The molecule has 0 aromatic heterocycles. The van der Waals surface area contributed by atoms with Crippen LogP contribution in [0, 0.1) is 0 Å². The van der Waals surface area contributed by atoms with Crippen molar-refractivity contribution in [3.05, 3.63) is 119 Å². The van der Waals surface area contributed by atoms with Crippen LogP contribution >= 0.6 is 0 Å². The van der Waals surface area contributed by atoms with E-state index in [4.69, 9.17) is 20.4 Å². The molecule has 0 bridgehead atoms. The minimum absolute atomic E-state index is 0. The Kier molecular flexibility index (Phi) is 27.6. The van der Waals surface area contributed by atoms with Gasteiger partial charge >= 0.3 is 17.1 Å². The Hall–Kier alpha value is -4.88. The van der Waals surface area contributed by atoms with Gasteiger partial charge in [0.25, 0.3) is 0 Å². The van der Waals surface area contributed by atoms with E-state index in [2.05, 4.69) is 9.98 Å². The molecule has 12 nitrogen and oxygen atoms in total. The third-order valence-electron chi connectivity index (χ3n) is 4.78. The zero-order valence-electron chi connectivity index (χ0n) is 25.0. The summed E-state index contributed by atoms with van der Waals surface area (Å²) in [4.78, 5) is 29.4. The van der Waals surface area contributed by atoms with Crippen LogP contribution in [0.25, 0.3) is 0 Å². The molecule has 0 atom stereocenters. The normalized spacial score (nSPS) is 9.07. The van der Waals surface area contributed by atoms with Crippen LogP contribution in [0.1, 0.15) is 31.8 Å². The van der Waals surface area contributed by atoms with Crippen LogP contribution in [-0.2, 0) is 17.1 Å². The topological polar surface area (TPSA) is 226 Å². The standard InChI is InChI=1S/2C14H11NO3.4CH4O.Mn/c2*16-13-4-2-1-3-11(13)9-15-12-7-5-10(6-8-12)14(17)18;4*1-2;/h2*1-9,16H,(H,17,18);4*2H,1H3;/q;;;;;;+2/p-2. The number of carboxylic acids is 2. The van der Waals surface area contributed by atoms with Gasteiger partial charge in [-0.3, -0.25) is 9.98 Å². The van der Waals surface area contributed by atoms with E-state index in [9.17, 15) is 30.0 Å². The molecular formula is C32H36MnN2O10. The summed E-state index contributed by atoms with van der Waals surface area (Å²) in [6.45, 7) is 0. The molecule has 0 saturated carbocycles. The summed E-state index contributed by atoms with van der Waals surface area (Å²) in [5.41, 5.74) is 2.61. The molecule has 0 saturated heterocycles. The fraction of sp³-hybridized carbons (Fsp3) is 0.125. The minimum atomic E-state index is -1.22. The Bertz CT molecular complexity index is 1300. The van der Waals surface area contributed by atoms with E-state index in [0.717, 1.165) is 28.4 Å². The Labute approximate surface area is 272 Å². The number of nitrogens with zero attached hydrogens (tertiary/aromatic N) is 2. The Morgan fingerprint density at radius 1 is 0.511 bits per heavy atom. The summed E-state index contributed by atoms with van der Waals surface area (Å²) in [7, 11) is 4.00. The summed E-state index contributed by atoms with van der Waals surface area (Å²) in [6.07, 6.45) is 3.03. The van der Waals surface area contributed by atoms with Crippen molar-refractivity contribution in [1.29, 1.82) is 0 Å². The van der Waals surface area contributed by atoms with Crippen molar-refractivity contribution >= 4 is 35.7 Å². The maximum atomic E-state index is 10.6. The van der Waals surface area contributed by atoms with Gasteiger partial charge in [0.15, 0.2) is 0 Å². The molecule has 4 aromatic carbocycles. The molecule has 0 fully saturated rings. The second-order valence-electron chi connectivity index (χ2n) is 7.30. The predicted molar refractivity (Wildman–Crippen MR) is 165 cm³/mol. The minimum Gasteiger partial charge on any atom is -0.545 e. The number of aliphatic hydroxyl groups excluding tert-OH is 4. The van der Waals surface area contributed by atoms with Crippen molar-refractivity contribution in [3.63, 3.8) is 0 Å². The van der Waals surface area contributed by atoms with Crippen LogP contribution in [0.3, 0.4) is 0 Å². The molecule has 0 heterocycles. The molecule has 0 unspecified atom stereocenters. The number of carboxylic acid groups (broad SMARTS) is 2. The molecule has 0 spiro atoms. The fourth-order valence-corrected chi connectivity index (χ4v) is 2.85. The largest absolute Gasteiger partial charge is 2.00 e. The molecule has 0 amide bonds. The third kappa shape index (κ3) is 17.7. The zero-order chi connectivity index (χ0) is 33.9. The van der Waals surface area contributed by atoms with Gasteiger partial charge in [-0.05, 0) is 59.7 Å². The molecule has 4 aromatic rings. The summed E-state index contributed by atoms with van der Waals surface area (Å²) < 4.78 is 0. The van der Waals surface area contributed by atoms with Crippen LogP contribution < -0.4 is 10.2 Å². The van der Waals surface area contributed by atoms with E-state index in [1.54, 1.807) is 72.8 Å². The molecule has 0 aliphatic rings. The smallest absolute Gasteiger partial charge is 0.545 e. The number of phenols is 2. The number of rotatable bonds is 6. The van der Waals surface area contributed by atoms with Crippen molar-refractivity contribution in [2.24, 2.45) is 9.98 Å². The van der Waals surface area contributed by atoms with Gasteiger partial charge in [-0.25, -0.2) is 0 Å². The first-order chi connectivity index (χ1) is 21.3. The Balaban J connectivity index is -0.000000630. The van der Waals surface area contributed by atoms with Gasteiger partial charge in [0.05, 0.1) is 23.3 Å². The van der Waals surface area contributed by atoms with Crippen LogP contribution in [0.15, 0.2) is 107 Å². The van der Waals surface area contributed by atoms with Crippen molar-refractivity contribution in [2.45, 2.75) is 0 Å². The maximum absolute atomic E-state index is 10.6. The van der Waals surface area contributed by atoms with Crippen molar-refractivity contribution in [1.82, 2.24) is 0 Å². The zero-order valence-corrected chi connectivity index (χ0v) is 26.2. The number of aliphatic imine (C=N–C) groups is 2. The number of carbonyl (C=O) groups excluding carboxylic acids is 2. The number of hydrogen-bond donors (Lipinski definition) is 6. The van der Waals surface area contributed by atoms with Crippen LogP contribution in [-0.4, -0.2) is 83.4 Å². The van der Waals surface area contributed by atoms with Crippen LogP contribution in [0.2, 0.25) is 0 Å². The molecule has 13 heteroatoms. The SMILES string of the molecule is CO.CO.CO.CO.O=C([O-])c1ccc(N=Cc2ccccc2O)cc1.O=C([O-])c1ccc(N=Cc2ccccc2O)cc1.[Mn+2]. The van der Waals surface area contributed by atoms with Gasteiger partial charge in [0, 0.05) is 52.0 Å². The summed E-state index contributed by atoms with van der Waals surface area (Å²) in [5.74, 6) is -2.14. The molecule has 0 aliphatic carbocycles. The van der Waals surface area contributed by atoms with Crippen molar-refractivity contribution in [2.75, 3.05) is 28.4 Å². The van der Waals surface area contributed by atoms with E-state index >= 15 is 0 Å². The molecular weight excluding hydrogens is 627 g/mol. The van der Waals surface area contributed by atoms with Gasteiger partial charge in [-0.15, -0.1) is 0 Å². The number of benzene rings is 4. The van der Waals surface area contributed by atoms with Gasteiger partial charge in [0.2, 0.25) is 0 Å². The fourth-order valence-electron chi connectivity index (χ4n) is 2.85. The quantitative estimate of drug-likeness (QED) is 0.129. The Morgan fingerprint density at radius 2 is 0.778 bits per heavy atom. The number of aliphatic hydroxyl groups is 4. The molecule has 1 radical (unpaired) electrons. The first-order valence-electron chi connectivity index (χ1n) is 12.4. The first kappa shape index (κ1) is 44.6. The number of para-hydroxylation sites is 2. The average Bonchev–Trinajstić information content (AvgIpc) is 3.08. The van der Waals surface area contributed by atoms with E-state index in [1.807, 2.05) is 0 Å². The molecule has 4 rings (SSSR count). The van der Waals surface area contributed by atoms with Crippen molar-refractivity contribution in [3.8, 4) is 11.5 Å². The number of phenolic OH excluding ortho intramolecular Hbond substituents is 2. The number of carbonyl (C=O) groups is 2. The summed E-state index contributed by atoms with van der Waals surface area (Å²) >= 11 is 0. The predicted octanol–water partition coefficient (Wildman–Crippen LogP) is 1.44. The van der Waals surface area contributed by atoms with E-state index in [1.165, 1.54) is 36.7 Å². The maximum Gasteiger partial charge on any atom is 2.00 e. The second-order valence-corrected chi connectivity index (χ2v) is 7.30. The van der Waals surface area contributed by atoms with Gasteiger partial charge in [-0.2, -0.15) is 0 Å². The van der Waals surface area contributed by atoms with E-state index in [-0.39, 0.29) is 39.7 Å². The van der Waals surface area contributed by atoms with E-state index in [0.29, 0.717) is 22.5 Å². The van der Waals surface area contributed by atoms with Gasteiger partial charge in [-0.1, -0.05) is 48.5 Å². The average molecular weight is 664 g/mol. The molecule has 6 N–H and O–H groups in total.